The third-order valence-corrected chi connectivity index (χ3v) is 8.34. The Balaban J connectivity index is 1.43. The maximum absolute atomic E-state index is 14.2. The van der Waals surface area contributed by atoms with Crippen LogP contribution in [-0.2, 0) is 49.2 Å². The van der Waals surface area contributed by atoms with Gasteiger partial charge in [-0.15, -0.1) is 0 Å². The van der Waals surface area contributed by atoms with Gasteiger partial charge in [0, 0.05) is 31.0 Å². The average Bonchev–Trinajstić information content (AvgIpc) is 3.37. The molecule has 15 heteroatoms. The molecule has 1 aliphatic rings. The highest BCUT2D eigenvalue weighted by atomic mass is 32.2. The Bertz CT molecular complexity index is 1940. The van der Waals surface area contributed by atoms with Gasteiger partial charge >= 0.3 is 0 Å². The first-order valence-corrected chi connectivity index (χ1v) is 16.3. The number of sulfone groups is 1. The third-order valence-electron chi connectivity index (χ3n) is 6.48. The van der Waals surface area contributed by atoms with E-state index in [2.05, 4.69) is 14.9 Å². The number of oxime groups is 1. The van der Waals surface area contributed by atoms with Crippen LogP contribution in [0.2, 0.25) is 0 Å². The molecule has 0 radical (unpaired) electrons. The number of nitrogens with zero attached hydrogens (tertiary/aromatic N) is 4. The zero-order valence-corrected chi connectivity index (χ0v) is 24.0. The highest BCUT2D eigenvalue weighted by Gasteiger charge is 2.36. The van der Waals surface area contributed by atoms with E-state index in [1.807, 2.05) is 0 Å². The molecule has 4 aromatic rings. The molecule has 1 aromatic heterocycles. The molecule has 11 nitrogen and oxygen atoms in total. The number of hydrogen-bond donors (Lipinski definition) is 1. The number of aromatic nitrogens is 2. The lowest BCUT2D eigenvalue weighted by Gasteiger charge is -2.18. The van der Waals surface area contributed by atoms with E-state index >= 15 is 0 Å². The van der Waals surface area contributed by atoms with Gasteiger partial charge < -0.3 is 9.40 Å². The van der Waals surface area contributed by atoms with Crippen LogP contribution in [0.15, 0.2) is 70.7 Å². The zero-order chi connectivity index (χ0) is 30.2. The number of fused-ring (bicyclic) bond motifs is 2. The molecule has 1 aliphatic heterocycles. The number of carbonyl (C=O) groups excluding carboxylic acids is 1. The van der Waals surface area contributed by atoms with Crippen LogP contribution in [-0.4, -0.2) is 57.1 Å². The van der Waals surface area contributed by atoms with E-state index < -0.39 is 37.4 Å². The Labute approximate surface area is 240 Å². The first kappa shape index (κ1) is 29.3. The van der Waals surface area contributed by atoms with E-state index in [-0.39, 0.29) is 42.4 Å². The van der Waals surface area contributed by atoms with Crippen LogP contribution in [0.3, 0.4) is 0 Å². The summed E-state index contributed by atoms with van der Waals surface area (Å²) in [5.41, 5.74) is 1.84. The van der Waals surface area contributed by atoms with E-state index in [1.54, 1.807) is 16.7 Å². The summed E-state index contributed by atoms with van der Waals surface area (Å²) in [5.74, 6) is -1.37. The van der Waals surface area contributed by atoms with Crippen molar-refractivity contribution in [2.75, 3.05) is 24.0 Å². The molecular formula is C27H25F2N5O6S2. The molecule has 0 unspecified atom stereocenters. The summed E-state index contributed by atoms with van der Waals surface area (Å²) < 4.78 is 78.8. The molecule has 0 aliphatic carbocycles. The fourth-order valence-corrected chi connectivity index (χ4v) is 5.64. The number of carbonyl (C=O) groups is 1. The van der Waals surface area contributed by atoms with Crippen molar-refractivity contribution in [3.8, 4) is 0 Å². The molecule has 0 atom stereocenters. The summed E-state index contributed by atoms with van der Waals surface area (Å²) in [6.07, 6.45) is 2.13. The number of halogens is 2. The van der Waals surface area contributed by atoms with E-state index in [0.717, 1.165) is 18.6 Å². The van der Waals surface area contributed by atoms with E-state index in [1.165, 1.54) is 47.4 Å². The van der Waals surface area contributed by atoms with Crippen LogP contribution < -0.4 is 9.62 Å². The van der Waals surface area contributed by atoms with Crippen LogP contribution in [0.25, 0.3) is 11.0 Å². The normalized spacial score (nSPS) is 14.6. The van der Waals surface area contributed by atoms with Gasteiger partial charge in [0.15, 0.2) is 15.5 Å². The molecule has 0 saturated heterocycles. The van der Waals surface area contributed by atoms with Crippen molar-refractivity contribution >= 4 is 48.2 Å². The lowest BCUT2D eigenvalue weighted by atomic mass is 10.1. The molecule has 220 valence electrons. The topological polar surface area (TPSA) is 140 Å². The fourth-order valence-electron chi connectivity index (χ4n) is 4.54. The molecule has 42 heavy (non-hydrogen) atoms. The Morgan fingerprint density at radius 1 is 0.952 bits per heavy atom. The second kappa shape index (κ2) is 11.2. The predicted molar refractivity (Wildman–Crippen MR) is 151 cm³/mol. The summed E-state index contributed by atoms with van der Waals surface area (Å²) in [5, 5.41) is 3.99. The van der Waals surface area contributed by atoms with E-state index in [9.17, 15) is 30.4 Å². The molecule has 3 aromatic carbocycles. The number of imidazole rings is 1. The van der Waals surface area contributed by atoms with E-state index in [4.69, 9.17) is 4.84 Å². The maximum atomic E-state index is 14.2. The molecule has 5 rings (SSSR count). The van der Waals surface area contributed by atoms with Gasteiger partial charge in [0.2, 0.25) is 10.0 Å². The zero-order valence-electron chi connectivity index (χ0n) is 22.4. The van der Waals surface area contributed by atoms with Crippen molar-refractivity contribution < 1.29 is 35.2 Å². The lowest BCUT2D eigenvalue weighted by molar-refractivity contribution is -0.112. The first-order chi connectivity index (χ1) is 19.8. The fraction of sp³-hybridized carbons (Fsp3) is 0.222. The summed E-state index contributed by atoms with van der Waals surface area (Å²) in [4.78, 5) is 24.9. The third kappa shape index (κ3) is 6.32. The smallest absolute Gasteiger partial charge is 0.281 e. The SMILES string of the molecule is CS(=O)(=O)NCCn1c(CN2C(=O)C(=NOCc3ccc(S(C)(=O)=O)cc3)c3cc(F)ccc32)nc2cc(F)ccc21. The Hall–Kier alpha value is -4.21. The van der Waals surface area contributed by atoms with Gasteiger partial charge in [-0.3, -0.25) is 9.69 Å². The van der Waals surface area contributed by atoms with Crippen LogP contribution >= 0.6 is 0 Å². The van der Waals surface area contributed by atoms with Crippen molar-refractivity contribution in [2.24, 2.45) is 5.16 Å². The predicted octanol–water partition coefficient (Wildman–Crippen LogP) is 2.73. The Morgan fingerprint density at radius 2 is 1.64 bits per heavy atom. The molecule has 1 N–H and O–H groups in total. The highest BCUT2D eigenvalue weighted by Crippen LogP contribution is 2.32. The molecule has 0 bridgehead atoms. The van der Waals surface area contributed by atoms with Gasteiger partial charge in [-0.1, -0.05) is 17.3 Å². The Morgan fingerprint density at radius 3 is 2.33 bits per heavy atom. The molecular weight excluding hydrogens is 592 g/mol. The number of nitrogens with one attached hydrogen (secondary N) is 1. The number of sulfonamides is 1. The molecule has 2 heterocycles. The standard InChI is InChI=1S/C27H25F2N5O6S2/c1-41(36,37)20-7-3-17(4-8-20)16-40-32-26-21-13-18(28)5-9-23(21)34(27(26)35)15-25-31-22-14-19(29)6-10-24(22)33(25)12-11-30-42(2,38)39/h3-10,13-14,30H,11-12,15-16H2,1-2H3. The number of anilines is 1. The van der Waals surface area contributed by atoms with Gasteiger partial charge in [-0.05, 0) is 48.0 Å². The first-order valence-electron chi connectivity index (χ1n) is 12.5. The summed E-state index contributed by atoms with van der Waals surface area (Å²) in [6, 6.07) is 13.7. The number of hydrogen-bond acceptors (Lipinski definition) is 8. The van der Waals surface area contributed by atoms with Gasteiger partial charge in [0.1, 0.15) is 24.1 Å². The van der Waals surface area contributed by atoms with E-state index in [0.29, 0.717) is 28.1 Å². The van der Waals surface area contributed by atoms with Gasteiger partial charge in [-0.25, -0.2) is 35.3 Å². The van der Waals surface area contributed by atoms with Crippen LogP contribution in [0, 0.1) is 11.6 Å². The highest BCUT2D eigenvalue weighted by molar-refractivity contribution is 7.90. The summed E-state index contributed by atoms with van der Waals surface area (Å²) in [6.45, 7) is -0.0278. The van der Waals surface area contributed by atoms with Crippen molar-refractivity contribution in [3.63, 3.8) is 0 Å². The van der Waals surface area contributed by atoms with Crippen molar-refractivity contribution in [2.45, 2.75) is 24.6 Å². The largest absolute Gasteiger partial charge is 0.390 e. The quantitative estimate of drug-likeness (QED) is 0.270. The lowest BCUT2D eigenvalue weighted by Crippen LogP contribution is -2.32. The monoisotopic (exact) mass is 617 g/mol. The Kier molecular flexibility index (Phi) is 7.83. The summed E-state index contributed by atoms with van der Waals surface area (Å²) in [7, 11) is -6.84. The summed E-state index contributed by atoms with van der Waals surface area (Å²) >= 11 is 0. The molecule has 0 fully saturated rings. The van der Waals surface area contributed by atoms with Gasteiger partial charge in [0.25, 0.3) is 5.91 Å². The van der Waals surface area contributed by atoms with Crippen LogP contribution in [0.1, 0.15) is 17.0 Å². The molecule has 1 amide bonds. The maximum Gasteiger partial charge on any atom is 0.281 e. The number of rotatable bonds is 10. The second-order valence-electron chi connectivity index (χ2n) is 9.66. The minimum absolute atomic E-state index is 0.0239. The average molecular weight is 618 g/mol. The van der Waals surface area contributed by atoms with Crippen molar-refractivity contribution in [1.82, 2.24) is 14.3 Å². The van der Waals surface area contributed by atoms with Crippen molar-refractivity contribution in [1.29, 1.82) is 0 Å². The molecule has 0 spiro atoms. The second-order valence-corrected chi connectivity index (χ2v) is 13.5. The number of amides is 1. The van der Waals surface area contributed by atoms with Crippen LogP contribution in [0.4, 0.5) is 14.5 Å². The van der Waals surface area contributed by atoms with Gasteiger partial charge in [-0.2, -0.15) is 0 Å². The minimum Gasteiger partial charge on any atom is -0.390 e. The van der Waals surface area contributed by atoms with Crippen LogP contribution in [0.5, 0.6) is 0 Å². The van der Waals surface area contributed by atoms with Crippen molar-refractivity contribution in [3.05, 3.63) is 89.2 Å². The van der Waals surface area contributed by atoms with Gasteiger partial charge in [0.05, 0.1) is 34.4 Å². The minimum atomic E-state index is -3.47. The molecule has 0 saturated carbocycles. The number of benzene rings is 3.